The third-order valence-corrected chi connectivity index (χ3v) is 3.07. The highest BCUT2D eigenvalue weighted by Crippen LogP contribution is 2.33. The first kappa shape index (κ1) is 10.0. The molecule has 15 heavy (non-hydrogen) atoms. The Bertz CT molecular complexity index is 410. The van der Waals surface area contributed by atoms with Crippen molar-refractivity contribution in [1.82, 2.24) is 0 Å². The van der Waals surface area contributed by atoms with E-state index < -0.39 is 11.4 Å². The molecule has 0 spiro atoms. The van der Waals surface area contributed by atoms with Gasteiger partial charge in [-0.3, -0.25) is 4.79 Å². The summed E-state index contributed by atoms with van der Waals surface area (Å²) < 4.78 is 0. The van der Waals surface area contributed by atoms with Crippen LogP contribution in [-0.2, 0) is 16.6 Å². The van der Waals surface area contributed by atoms with Crippen molar-refractivity contribution in [2.45, 2.75) is 25.7 Å². The van der Waals surface area contributed by atoms with Crippen LogP contribution in [0.4, 0.5) is 5.69 Å². The van der Waals surface area contributed by atoms with Crippen LogP contribution in [0.15, 0.2) is 18.2 Å². The molecule has 0 radical (unpaired) electrons. The minimum absolute atomic E-state index is 0.775. The van der Waals surface area contributed by atoms with E-state index in [2.05, 4.69) is 5.32 Å². The second-order valence-electron chi connectivity index (χ2n) is 4.44. The zero-order valence-corrected chi connectivity index (χ0v) is 9.00. The molecular formula is C12H15NO2. The van der Waals surface area contributed by atoms with Crippen LogP contribution in [0.2, 0.25) is 0 Å². The Kier molecular flexibility index (Phi) is 2.18. The molecular weight excluding hydrogens is 190 g/mol. The van der Waals surface area contributed by atoms with Crippen LogP contribution < -0.4 is 5.32 Å². The standard InChI is InChI=1S/C12H15NO2/c1-12(2,11(14)15)9-4-3-5-10-8(9)6-7-13-10/h3-5,13H,6-7H2,1-2H3,(H,14,15). The molecule has 0 bridgehead atoms. The predicted octanol–water partition coefficient (Wildman–Crippen LogP) is 2.02. The average Bonchev–Trinajstić information content (AvgIpc) is 2.64. The van der Waals surface area contributed by atoms with Gasteiger partial charge in [-0.15, -0.1) is 0 Å². The number of carboxylic acid groups (broad SMARTS) is 1. The molecule has 3 heteroatoms. The highest BCUT2D eigenvalue weighted by molar-refractivity contribution is 5.82. The molecule has 0 saturated carbocycles. The number of anilines is 1. The van der Waals surface area contributed by atoms with Crippen molar-refractivity contribution < 1.29 is 9.90 Å². The number of carboxylic acids is 1. The molecule has 1 aromatic rings. The first-order chi connectivity index (χ1) is 7.03. The Labute approximate surface area is 89.1 Å². The van der Waals surface area contributed by atoms with Crippen LogP contribution >= 0.6 is 0 Å². The van der Waals surface area contributed by atoms with Crippen molar-refractivity contribution in [1.29, 1.82) is 0 Å². The molecule has 0 amide bonds. The Hall–Kier alpha value is -1.51. The van der Waals surface area contributed by atoms with Gasteiger partial charge in [0.15, 0.2) is 0 Å². The van der Waals surface area contributed by atoms with E-state index in [1.54, 1.807) is 13.8 Å². The summed E-state index contributed by atoms with van der Waals surface area (Å²) in [4.78, 5) is 11.2. The molecule has 2 rings (SSSR count). The Morgan fingerprint density at radius 1 is 1.47 bits per heavy atom. The summed E-state index contributed by atoms with van der Waals surface area (Å²) in [5, 5.41) is 12.5. The monoisotopic (exact) mass is 205 g/mol. The fraction of sp³-hybridized carbons (Fsp3) is 0.417. The van der Waals surface area contributed by atoms with Crippen LogP contribution in [0.25, 0.3) is 0 Å². The van der Waals surface area contributed by atoms with Gasteiger partial charge in [0.1, 0.15) is 0 Å². The number of nitrogens with one attached hydrogen (secondary N) is 1. The van der Waals surface area contributed by atoms with Gasteiger partial charge in [0, 0.05) is 12.2 Å². The lowest BCUT2D eigenvalue weighted by molar-refractivity contribution is -0.142. The number of carbonyl (C=O) groups is 1. The van der Waals surface area contributed by atoms with Gasteiger partial charge in [-0.25, -0.2) is 0 Å². The maximum absolute atomic E-state index is 11.2. The maximum Gasteiger partial charge on any atom is 0.313 e. The minimum Gasteiger partial charge on any atom is -0.481 e. The van der Waals surface area contributed by atoms with E-state index in [0.29, 0.717) is 0 Å². The van der Waals surface area contributed by atoms with Crippen molar-refractivity contribution in [2.75, 3.05) is 11.9 Å². The molecule has 3 nitrogen and oxygen atoms in total. The van der Waals surface area contributed by atoms with Crippen LogP contribution in [-0.4, -0.2) is 17.6 Å². The summed E-state index contributed by atoms with van der Waals surface area (Å²) in [6.45, 7) is 4.41. The molecule has 0 atom stereocenters. The van der Waals surface area contributed by atoms with Crippen molar-refractivity contribution in [3.8, 4) is 0 Å². The maximum atomic E-state index is 11.2. The summed E-state index contributed by atoms with van der Waals surface area (Å²) >= 11 is 0. The molecule has 0 saturated heterocycles. The van der Waals surface area contributed by atoms with Gasteiger partial charge in [-0.1, -0.05) is 12.1 Å². The van der Waals surface area contributed by atoms with Gasteiger partial charge < -0.3 is 10.4 Å². The highest BCUT2D eigenvalue weighted by atomic mass is 16.4. The molecule has 0 unspecified atom stereocenters. The zero-order valence-electron chi connectivity index (χ0n) is 9.00. The van der Waals surface area contributed by atoms with E-state index in [9.17, 15) is 9.90 Å². The molecule has 1 aromatic carbocycles. The smallest absolute Gasteiger partial charge is 0.313 e. The molecule has 1 aliphatic heterocycles. The van der Waals surface area contributed by atoms with Gasteiger partial charge >= 0.3 is 5.97 Å². The summed E-state index contributed by atoms with van der Waals surface area (Å²) in [5.41, 5.74) is 2.36. The second kappa shape index (κ2) is 3.26. The van der Waals surface area contributed by atoms with E-state index in [4.69, 9.17) is 0 Å². The summed E-state index contributed by atoms with van der Waals surface area (Å²) in [5.74, 6) is -0.775. The summed E-state index contributed by atoms with van der Waals surface area (Å²) in [6.07, 6.45) is 0.919. The van der Waals surface area contributed by atoms with E-state index in [1.807, 2.05) is 18.2 Å². The van der Waals surface area contributed by atoms with Gasteiger partial charge in [0.2, 0.25) is 0 Å². The minimum atomic E-state index is -0.808. The number of rotatable bonds is 2. The molecule has 0 aromatic heterocycles. The van der Waals surface area contributed by atoms with Gasteiger partial charge in [-0.05, 0) is 37.5 Å². The van der Waals surface area contributed by atoms with Gasteiger partial charge in [-0.2, -0.15) is 0 Å². The molecule has 1 heterocycles. The average molecular weight is 205 g/mol. The van der Waals surface area contributed by atoms with Gasteiger partial charge in [0.25, 0.3) is 0 Å². The number of fused-ring (bicyclic) bond motifs is 1. The topological polar surface area (TPSA) is 49.3 Å². The van der Waals surface area contributed by atoms with Crippen molar-refractivity contribution in [3.63, 3.8) is 0 Å². The van der Waals surface area contributed by atoms with Crippen LogP contribution in [0, 0.1) is 0 Å². The Morgan fingerprint density at radius 3 is 2.87 bits per heavy atom. The third kappa shape index (κ3) is 1.48. The lowest BCUT2D eigenvalue weighted by atomic mass is 9.81. The summed E-state index contributed by atoms with van der Waals surface area (Å²) in [7, 11) is 0. The number of aliphatic carboxylic acids is 1. The number of hydrogen-bond acceptors (Lipinski definition) is 2. The van der Waals surface area contributed by atoms with Crippen molar-refractivity contribution in [2.24, 2.45) is 0 Å². The number of benzene rings is 1. The largest absolute Gasteiger partial charge is 0.481 e. The highest BCUT2D eigenvalue weighted by Gasteiger charge is 2.33. The lowest BCUT2D eigenvalue weighted by Gasteiger charge is -2.22. The molecule has 0 fully saturated rings. The Morgan fingerprint density at radius 2 is 2.20 bits per heavy atom. The second-order valence-corrected chi connectivity index (χ2v) is 4.44. The van der Waals surface area contributed by atoms with Crippen LogP contribution in [0.3, 0.4) is 0 Å². The normalized spacial score (nSPS) is 14.5. The quantitative estimate of drug-likeness (QED) is 0.776. The van der Waals surface area contributed by atoms with E-state index in [0.717, 1.165) is 29.8 Å². The molecule has 2 N–H and O–H groups in total. The SMILES string of the molecule is CC(C)(C(=O)O)c1cccc2c1CCN2. The molecule has 0 aliphatic carbocycles. The van der Waals surface area contributed by atoms with E-state index >= 15 is 0 Å². The van der Waals surface area contributed by atoms with Crippen LogP contribution in [0.5, 0.6) is 0 Å². The van der Waals surface area contributed by atoms with Crippen molar-refractivity contribution >= 4 is 11.7 Å². The lowest BCUT2D eigenvalue weighted by Crippen LogP contribution is -2.29. The molecule has 80 valence electrons. The number of hydrogen-bond donors (Lipinski definition) is 2. The fourth-order valence-electron chi connectivity index (χ4n) is 2.04. The van der Waals surface area contributed by atoms with E-state index in [-0.39, 0.29) is 0 Å². The van der Waals surface area contributed by atoms with Gasteiger partial charge in [0.05, 0.1) is 5.41 Å². The zero-order chi connectivity index (χ0) is 11.1. The first-order valence-corrected chi connectivity index (χ1v) is 5.13. The van der Waals surface area contributed by atoms with Crippen molar-refractivity contribution in [3.05, 3.63) is 29.3 Å². The Balaban J connectivity index is 2.54. The molecule has 1 aliphatic rings. The first-order valence-electron chi connectivity index (χ1n) is 5.13. The predicted molar refractivity (Wildman–Crippen MR) is 59.3 cm³/mol. The van der Waals surface area contributed by atoms with Crippen LogP contribution in [0.1, 0.15) is 25.0 Å². The fourth-order valence-corrected chi connectivity index (χ4v) is 2.04. The summed E-state index contributed by atoms with van der Waals surface area (Å²) in [6, 6.07) is 5.83. The van der Waals surface area contributed by atoms with E-state index in [1.165, 1.54) is 0 Å². The third-order valence-electron chi connectivity index (χ3n) is 3.07.